The fraction of sp³-hybridized carbons (Fsp3) is 0.294. The first-order valence-electron chi connectivity index (χ1n) is 8.05. The molecule has 26 heavy (non-hydrogen) atoms. The van der Waals surface area contributed by atoms with Crippen LogP contribution in [0.25, 0.3) is 0 Å². The summed E-state index contributed by atoms with van der Waals surface area (Å²) in [7, 11) is 0. The molecule has 2 heterocycles. The fourth-order valence-corrected chi connectivity index (χ4v) is 2.95. The third kappa shape index (κ3) is 3.91. The van der Waals surface area contributed by atoms with E-state index in [-0.39, 0.29) is 22.3 Å². The molecule has 1 aliphatic heterocycles. The van der Waals surface area contributed by atoms with E-state index in [0.29, 0.717) is 32.0 Å². The Morgan fingerprint density at radius 1 is 1.12 bits per heavy atom. The fourth-order valence-electron chi connectivity index (χ4n) is 2.70. The van der Waals surface area contributed by atoms with Crippen LogP contribution in [-0.4, -0.2) is 53.1 Å². The van der Waals surface area contributed by atoms with Gasteiger partial charge < -0.3 is 15.1 Å². The Kier molecular flexibility index (Phi) is 5.32. The Labute approximate surface area is 154 Å². The second-order valence-electron chi connectivity index (χ2n) is 5.82. The Balaban J connectivity index is 1.65. The number of carbonyl (C=O) groups excluding carboxylic acids is 2. The first-order valence-corrected chi connectivity index (χ1v) is 8.43. The molecule has 0 spiro atoms. The molecule has 1 saturated heterocycles. The van der Waals surface area contributed by atoms with Crippen molar-refractivity contribution < 1.29 is 14.0 Å². The molecule has 0 saturated carbocycles. The van der Waals surface area contributed by atoms with Crippen LogP contribution in [0.4, 0.5) is 16.0 Å². The number of hydrogen-bond acceptors (Lipinski definition) is 5. The van der Waals surface area contributed by atoms with Crippen molar-refractivity contribution in [2.45, 2.75) is 6.92 Å². The van der Waals surface area contributed by atoms with Gasteiger partial charge in [-0.3, -0.25) is 9.59 Å². The summed E-state index contributed by atoms with van der Waals surface area (Å²) in [6, 6.07) is 7.33. The highest BCUT2D eigenvalue weighted by Gasteiger charge is 2.20. The number of anilines is 2. The zero-order valence-corrected chi connectivity index (χ0v) is 14.8. The lowest BCUT2D eigenvalue weighted by Crippen LogP contribution is -2.48. The van der Waals surface area contributed by atoms with Crippen LogP contribution < -0.4 is 10.2 Å². The van der Waals surface area contributed by atoms with Gasteiger partial charge >= 0.3 is 0 Å². The highest BCUT2D eigenvalue weighted by Crippen LogP contribution is 2.20. The van der Waals surface area contributed by atoms with E-state index in [1.807, 2.05) is 4.90 Å². The van der Waals surface area contributed by atoms with E-state index in [0.717, 1.165) is 6.07 Å². The van der Waals surface area contributed by atoms with Crippen molar-refractivity contribution in [1.29, 1.82) is 0 Å². The standard InChI is InChI=1S/C17H17ClFN5O2/c1-11(25)23-7-9-24(10-8-23)15-6-5-14(21-22-15)20-17(26)16-12(18)3-2-4-13(16)19/h2-6H,7-10H2,1H3,(H,20,21,26). The Morgan fingerprint density at radius 3 is 2.42 bits per heavy atom. The molecule has 1 aromatic carbocycles. The number of hydrogen-bond donors (Lipinski definition) is 1. The largest absolute Gasteiger partial charge is 0.352 e. The lowest BCUT2D eigenvalue weighted by molar-refractivity contribution is -0.129. The molecule has 2 amide bonds. The third-order valence-electron chi connectivity index (χ3n) is 4.13. The van der Waals surface area contributed by atoms with Gasteiger partial charge in [-0.25, -0.2) is 4.39 Å². The number of carbonyl (C=O) groups is 2. The second-order valence-corrected chi connectivity index (χ2v) is 6.23. The lowest BCUT2D eigenvalue weighted by atomic mass is 10.2. The van der Waals surface area contributed by atoms with Crippen molar-refractivity contribution in [2.75, 3.05) is 36.4 Å². The lowest BCUT2D eigenvalue weighted by Gasteiger charge is -2.34. The minimum Gasteiger partial charge on any atom is -0.352 e. The molecule has 1 aromatic heterocycles. The number of benzene rings is 1. The molecule has 136 valence electrons. The second kappa shape index (κ2) is 7.65. The van der Waals surface area contributed by atoms with E-state index >= 15 is 0 Å². The Hall–Kier alpha value is -2.74. The highest BCUT2D eigenvalue weighted by molar-refractivity contribution is 6.34. The monoisotopic (exact) mass is 377 g/mol. The van der Waals surface area contributed by atoms with Crippen molar-refractivity contribution >= 4 is 35.1 Å². The van der Waals surface area contributed by atoms with Gasteiger partial charge in [0.25, 0.3) is 5.91 Å². The van der Waals surface area contributed by atoms with Gasteiger partial charge in [0.1, 0.15) is 5.82 Å². The minimum absolute atomic E-state index is 0.0235. The van der Waals surface area contributed by atoms with Crippen LogP contribution in [0.15, 0.2) is 30.3 Å². The summed E-state index contributed by atoms with van der Waals surface area (Å²) in [5.41, 5.74) is -0.236. The summed E-state index contributed by atoms with van der Waals surface area (Å²) in [5.74, 6) is -0.496. The molecular formula is C17H17ClFN5O2. The molecule has 0 atom stereocenters. The summed E-state index contributed by atoms with van der Waals surface area (Å²) in [6.07, 6.45) is 0. The van der Waals surface area contributed by atoms with E-state index in [1.165, 1.54) is 12.1 Å². The first-order chi connectivity index (χ1) is 12.5. The smallest absolute Gasteiger partial charge is 0.261 e. The van der Waals surface area contributed by atoms with E-state index in [1.54, 1.807) is 24.0 Å². The molecule has 1 aliphatic rings. The van der Waals surface area contributed by atoms with Crippen molar-refractivity contribution in [2.24, 2.45) is 0 Å². The van der Waals surface area contributed by atoms with Crippen LogP contribution in [0.1, 0.15) is 17.3 Å². The minimum atomic E-state index is -0.706. The van der Waals surface area contributed by atoms with Gasteiger partial charge in [-0.2, -0.15) is 0 Å². The molecule has 1 fully saturated rings. The average molecular weight is 378 g/mol. The van der Waals surface area contributed by atoms with Crippen molar-refractivity contribution in [3.8, 4) is 0 Å². The molecule has 7 nitrogen and oxygen atoms in total. The third-order valence-corrected chi connectivity index (χ3v) is 4.45. The molecule has 9 heteroatoms. The number of nitrogens with one attached hydrogen (secondary N) is 1. The average Bonchev–Trinajstić information content (AvgIpc) is 2.62. The van der Waals surface area contributed by atoms with Gasteiger partial charge in [-0.1, -0.05) is 17.7 Å². The number of halogens is 2. The van der Waals surface area contributed by atoms with Crippen LogP contribution in [-0.2, 0) is 4.79 Å². The van der Waals surface area contributed by atoms with Gasteiger partial charge in [-0.05, 0) is 24.3 Å². The van der Waals surface area contributed by atoms with Crippen LogP contribution in [0, 0.1) is 5.82 Å². The molecule has 0 radical (unpaired) electrons. The normalized spacial score (nSPS) is 14.3. The van der Waals surface area contributed by atoms with Crippen LogP contribution in [0.2, 0.25) is 5.02 Å². The maximum atomic E-state index is 13.8. The first kappa shape index (κ1) is 18.1. The number of nitrogens with zero attached hydrogens (tertiary/aromatic N) is 4. The SMILES string of the molecule is CC(=O)N1CCN(c2ccc(NC(=O)c3c(F)cccc3Cl)nn2)CC1. The van der Waals surface area contributed by atoms with E-state index in [2.05, 4.69) is 15.5 Å². The van der Waals surface area contributed by atoms with Gasteiger partial charge in [0.15, 0.2) is 11.6 Å². The van der Waals surface area contributed by atoms with Crippen molar-refractivity contribution in [3.05, 3.63) is 46.7 Å². The van der Waals surface area contributed by atoms with Gasteiger partial charge in [0.05, 0.1) is 10.6 Å². The van der Waals surface area contributed by atoms with Crippen LogP contribution >= 0.6 is 11.6 Å². The van der Waals surface area contributed by atoms with E-state index in [9.17, 15) is 14.0 Å². The zero-order valence-electron chi connectivity index (χ0n) is 14.1. The predicted octanol–water partition coefficient (Wildman–Crippen LogP) is 2.19. The van der Waals surface area contributed by atoms with Gasteiger partial charge in [0, 0.05) is 33.1 Å². The van der Waals surface area contributed by atoms with E-state index in [4.69, 9.17) is 11.6 Å². The molecule has 0 aliphatic carbocycles. The molecular weight excluding hydrogens is 361 g/mol. The Morgan fingerprint density at radius 2 is 1.85 bits per heavy atom. The molecule has 0 bridgehead atoms. The Bertz CT molecular complexity index is 802. The molecule has 3 rings (SSSR count). The quantitative estimate of drug-likeness (QED) is 0.887. The number of aromatic nitrogens is 2. The number of piperazine rings is 1. The van der Waals surface area contributed by atoms with Gasteiger partial charge in [0.2, 0.25) is 5.91 Å². The maximum Gasteiger partial charge on any atom is 0.261 e. The number of amides is 2. The molecule has 1 N–H and O–H groups in total. The summed E-state index contributed by atoms with van der Waals surface area (Å²) in [4.78, 5) is 27.3. The number of rotatable bonds is 3. The van der Waals surface area contributed by atoms with Crippen LogP contribution in [0.3, 0.4) is 0 Å². The predicted molar refractivity (Wildman–Crippen MR) is 95.9 cm³/mol. The maximum absolute atomic E-state index is 13.8. The van der Waals surface area contributed by atoms with Gasteiger partial charge in [-0.15, -0.1) is 10.2 Å². The molecule has 2 aromatic rings. The summed E-state index contributed by atoms with van der Waals surface area (Å²) >= 11 is 5.88. The zero-order chi connectivity index (χ0) is 18.7. The molecule has 0 unspecified atom stereocenters. The van der Waals surface area contributed by atoms with Crippen molar-refractivity contribution in [1.82, 2.24) is 15.1 Å². The summed E-state index contributed by atoms with van der Waals surface area (Å²) in [5, 5.41) is 10.6. The highest BCUT2D eigenvalue weighted by atomic mass is 35.5. The van der Waals surface area contributed by atoms with Crippen molar-refractivity contribution in [3.63, 3.8) is 0 Å². The van der Waals surface area contributed by atoms with E-state index < -0.39 is 11.7 Å². The summed E-state index contributed by atoms with van der Waals surface area (Å²) < 4.78 is 13.8. The topological polar surface area (TPSA) is 78.4 Å². The summed E-state index contributed by atoms with van der Waals surface area (Å²) in [6.45, 7) is 4.12. The van der Waals surface area contributed by atoms with Crippen LogP contribution in [0.5, 0.6) is 0 Å².